The molecule has 1 aliphatic rings. The van der Waals surface area contributed by atoms with Crippen LogP contribution in [-0.2, 0) is 5.41 Å². The molecular formula is C20H26. The summed E-state index contributed by atoms with van der Waals surface area (Å²) in [6.45, 7) is 7.31. The van der Waals surface area contributed by atoms with Gasteiger partial charge >= 0.3 is 0 Å². The normalized spacial score (nSPS) is 23.9. The molecule has 2 aromatic rings. The lowest BCUT2D eigenvalue weighted by Crippen LogP contribution is -2.32. The Morgan fingerprint density at radius 2 is 1.50 bits per heavy atom. The molecule has 0 heteroatoms. The summed E-state index contributed by atoms with van der Waals surface area (Å²) in [7, 11) is 0. The highest BCUT2D eigenvalue weighted by Crippen LogP contribution is 2.44. The molecule has 1 saturated carbocycles. The fourth-order valence-corrected chi connectivity index (χ4v) is 3.99. The lowest BCUT2D eigenvalue weighted by Gasteiger charge is -2.39. The van der Waals surface area contributed by atoms with Gasteiger partial charge in [-0.2, -0.15) is 0 Å². The molecule has 106 valence electrons. The third-order valence-electron chi connectivity index (χ3n) is 5.52. The van der Waals surface area contributed by atoms with E-state index in [1.807, 2.05) is 0 Å². The summed E-state index contributed by atoms with van der Waals surface area (Å²) >= 11 is 0. The van der Waals surface area contributed by atoms with Crippen LogP contribution in [0.25, 0.3) is 10.8 Å². The van der Waals surface area contributed by atoms with E-state index in [9.17, 15) is 0 Å². The highest BCUT2D eigenvalue weighted by Gasteiger charge is 2.34. The molecule has 0 heterocycles. The van der Waals surface area contributed by atoms with Crippen molar-refractivity contribution in [2.24, 2.45) is 11.8 Å². The first-order valence-corrected chi connectivity index (χ1v) is 8.07. The van der Waals surface area contributed by atoms with Crippen LogP contribution in [0, 0.1) is 11.8 Å². The van der Waals surface area contributed by atoms with Gasteiger partial charge in [0.1, 0.15) is 0 Å². The van der Waals surface area contributed by atoms with E-state index in [1.54, 1.807) is 0 Å². The predicted octanol–water partition coefficient (Wildman–Crippen LogP) is 5.94. The molecule has 0 spiro atoms. The second-order valence-electron chi connectivity index (χ2n) is 7.21. The van der Waals surface area contributed by atoms with Crippen LogP contribution >= 0.6 is 0 Å². The van der Waals surface area contributed by atoms with Gasteiger partial charge in [-0.1, -0.05) is 76.1 Å². The fraction of sp³-hybridized carbons (Fsp3) is 0.500. The van der Waals surface area contributed by atoms with Crippen molar-refractivity contribution in [2.75, 3.05) is 0 Å². The average molecular weight is 266 g/mol. The Bertz CT molecular complexity index is 581. The van der Waals surface area contributed by atoms with Crippen LogP contribution in [0.1, 0.15) is 52.0 Å². The van der Waals surface area contributed by atoms with Crippen LogP contribution in [0.2, 0.25) is 0 Å². The van der Waals surface area contributed by atoms with E-state index in [0.717, 1.165) is 11.8 Å². The minimum Gasteiger partial charge on any atom is -0.0625 e. The Morgan fingerprint density at radius 3 is 2.25 bits per heavy atom. The van der Waals surface area contributed by atoms with Gasteiger partial charge in [0.2, 0.25) is 0 Å². The topological polar surface area (TPSA) is 0 Å². The van der Waals surface area contributed by atoms with Gasteiger partial charge in [-0.25, -0.2) is 0 Å². The number of benzene rings is 2. The van der Waals surface area contributed by atoms with Crippen molar-refractivity contribution in [1.82, 2.24) is 0 Å². The van der Waals surface area contributed by atoms with Gasteiger partial charge in [0.25, 0.3) is 0 Å². The maximum absolute atomic E-state index is 2.45. The maximum atomic E-state index is 2.45. The zero-order valence-electron chi connectivity index (χ0n) is 13.0. The first kappa shape index (κ1) is 13.7. The van der Waals surface area contributed by atoms with E-state index in [1.165, 1.54) is 42.0 Å². The van der Waals surface area contributed by atoms with E-state index in [-0.39, 0.29) is 5.41 Å². The van der Waals surface area contributed by atoms with Crippen LogP contribution < -0.4 is 0 Å². The molecular weight excluding hydrogens is 240 g/mol. The predicted molar refractivity (Wildman–Crippen MR) is 88.1 cm³/mol. The third kappa shape index (κ3) is 2.37. The van der Waals surface area contributed by atoms with E-state index >= 15 is 0 Å². The Hall–Kier alpha value is -1.30. The van der Waals surface area contributed by atoms with Crippen molar-refractivity contribution in [3.63, 3.8) is 0 Å². The van der Waals surface area contributed by atoms with Crippen LogP contribution in [0.5, 0.6) is 0 Å². The molecule has 20 heavy (non-hydrogen) atoms. The molecule has 0 saturated heterocycles. The maximum Gasteiger partial charge on any atom is -0.00692 e. The zero-order chi connectivity index (χ0) is 14.2. The van der Waals surface area contributed by atoms with Gasteiger partial charge in [-0.05, 0) is 46.4 Å². The van der Waals surface area contributed by atoms with Crippen LogP contribution in [0.4, 0.5) is 0 Å². The first-order valence-electron chi connectivity index (χ1n) is 8.07. The lowest BCUT2D eigenvalue weighted by atomic mass is 9.65. The lowest BCUT2D eigenvalue weighted by molar-refractivity contribution is 0.203. The van der Waals surface area contributed by atoms with Crippen molar-refractivity contribution >= 4 is 10.8 Å². The van der Waals surface area contributed by atoms with E-state index in [0.29, 0.717) is 0 Å². The summed E-state index contributed by atoms with van der Waals surface area (Å²) in [5, 5.41) is 2.82. The van der Waals surface area contributed by atoms with Crippen LogP contribution in [0.15, 0.2) is 42.5 Å². The van der Waals surface area contributed by atoms with E-state index in [4.69, 9.17) is 0 Å². The molecule has 0 atom stereocenters. The third-order valence-corrected chi connectivity index (χ3v) is 5.52. The largest absolute Gasteiger partial charge is 0.0625 e. The smallest absolute Gasteiger partial charge is 0.00692 e. The summed E-state index contributed by atoms with van der Waals surface area (Å²) in [5.41, 5.74) is 1.82. The monoisotopic (exact) mass is 266 g/mol. The van der Waals surface area contributed by atoms with Gasteiger partial charge in [0, 0.05) is 0 Å². The molecule has 1 aliphatic carbocycles. The SMILES string of the molecule is CC1CCC(C(C)(C)c2cccc3ccccc23)CC1. The number of hydrogen-bond acceptors (Lipinski definition) is 0. The van der Waals surface area contributed by atoms with Crippen LogP contribution in [-0.4, -0.2) is 0 Å². The highest BCUT2D eigenvalue weighted by molar-refractivity contribution is 5.86. The minimum absolute atomic E-state index is 0.279. The second-order valence-corrected chi connectivity index (χ2v) is 7.21. The second kappa shape index (κ2) is 5.24. The quantitative estimate of drug-likeness (QED) is 0.630. The highest BCUT2D eigenvalue weighted by atomic mass is 14.4. The summed E-state index contributed by atoms with van der Waals surface area (Å²) in [5.74, 6) is 1.75. The van der Waals surface area contributed by atoms with Gasteiger partial charge < -0.3 is 0 Å². The molecule has 0 N–H and O–H groups in total. The standard InChI is InChI=1S/C20H26/c1-15-11-13-17(14-12-15)20(2,3)19-10-6-8-16-7-4-5-9-18(16)19/h4-10,15,17H,11-14H2,1-3H3. The van der Waals surface area contributed by atoms with E-state index in [2.05, 4.69) is 63.2 Å². The summed E-state index contributed by atoms with van der Waals surface area (Å²) in [6, 6.07) is 15.6. The average Bonchev–Trinajstić information content (AvgIpc) is 2.47. The van der Waals surface area contributed by atoms with Gasteiger partial charge in [-0.3, -0.25) is 0 Å². The Balaban J connectivity index is 2.00. The van der Waals surface area contributed by atoms with Crippen molar-refractivity contribution in [2.45, 2.75) is 51.9 Å². The molecule has 2 aromatic carbocycles. The Labute approximate surface area is 123 Å². The number of fused-ring (bicyclic) bond motifs is 1. The van der Waals surface area contributed by atoms with Gasteiger partial charge in [0.05, 0.1) is 0 Å². The van der Waals surface area contributed by atoms with Crippen LogP contribution in [0.3, 0.4) is 0 Å². The van der Waals surface area contributed by atoms with E-state index < -0.39 is 0 Å². The molecule has 3 rings (SSSR count). The molecule has 1 fully saturated rings. The zero-order valence-corrected chi connectivity index (χ0v) is 13.0. The molecule has 0 aromatic heterocycles. The van der Waals surface area contributed by atoms with Crippen molar-refractivity contribution in [3.8, 4) is 0 Å². The molecule has 0 bridgehead atoms. The van der Waals surface area contributed by atoms with Crippen molar-refractivity contribution in [1.29, 1.82) is 0 Å². The molecule has 0 nitrogen and oxygen atoms in total. The fourth-order valence-electron chi connectivity index (χ4n) is 3.99. The molecule has 0 amide bonds. The van der Waals surface area contributed by atoms with Crippen molar-refractivity contribution in [3.05, 3.63) is 48.0 Å². The van der Waals surface area contributed by atoms with Crippen molar-refractivity contribution < 1.29 is 0 Å². The van der Waals surface area contributed by atoms with Gasteiger partial charge in [-0.15, -0.1) is 0 Å². The van der Waals surface area contributed by atoms with Gasteiger partial charge in [0.15, 0.2) is 0 Å². The molecule has 0 unspecified atom stereocenters. The number of hydrogen-bond donors (Lipinski definition) is 0. The minimum atomic E-state index is 0.279. The summed E-state index contributed by atoms with van der Waals surface area (Å²) in [4.78, 5) is 0. The number of rotatable bonds is 2. The molecule has 0 aliphatic heterocycles. The summed E-state index contributed by atoms with van der Waals surface area (Å²) in [6.07, 6.45) is 5.58. The first-order chi connectivity index (χ1) is 9.59. The Morgan fingerprint density at radius 1 is 0.850 bits per heavy atom. The Kier molecular flexibility index (Phi) is 3.58. The summed E-state index contributed by atoms with van der Waals surface area (Å²) < 4.78 is 0. The molecule has 0 radical (unpaired) electrons.